The maximum Gasteiger partial charge on any atom is 0.0963 e. The highest BCUT2D eigenvalue weighted by Gasteiger charge is 2.28. The molecule has 0 radical (unpaired) electrons. The number of aryl methyl sites for hydroxylation is 1. The van der Waals surface area contributed by atoms with E-state index in [1.807, 2.05) is 6.07 Å². The van der Waals surface area contributed by atoms with Crippen molar-refractivity contribution in [1.82, 2.24) is 4.90 Å². The predicted octanol–water partition coefficient (Wildman–Crippen LogP) is 2.33. The Hall–Kier alpha value is -1.26. The number of nitrogen functional groups attached to an aromatic ring is 1. The van der Waals surface area contributed by atoms with E-state index in [0.717, 1.165) is 18.8 Å². The highest BCUT2D eigenvalue weighted by atomic mass is 15.4. The molecule has 4 heteroatoms. The Morgan fingerprint density at radius 1 is 1.09 bits per heavy atom. The zero-order chi connectivity index (χ0) is 16.3. The summed E-state index contributed by atoms with van der Waals surface area (Å²) in [6, 6.07) is 6.45. The quantitative estimate of drug-likeness (QED) is 0.668. The first-order valence-corrected chi connectivity index (χ1v) is 9.23. The summed E-state index contributed by atoms with van der Waals surface area (Å²) < 4.78 is 1.23. The second-order valence-corrected chi connectivity index (χ2v) is 7.72. The number of hydrogen-bond donors (Lipinski definition) is 1. The predicted molar refractivity (Wildman–Crippen MR) is 98.9 cm³/mol. The number of anilines is 2. The minimum Gasteiger partial charge on any atom is -0.399 e. The number of hydrogen-bond acceptors (Lipinski definition) is 3. The molecule has 2 aliphatic rings. The van der Waals surface area contributed by atoms with Crippen LogP contribution in [0, 0.1) is 6.92 Å². The molecule has 4 nitrogen and oxygen atoms in total. The maximum atomic E-state index is 5.94. The molecular formula is C19H33N4+. The van der Waals surface area contributed by atoms with Crippen LogP contribution in [0.15, 0.2) is 18.2 Å². The molecule has 0 aliphatic carbocycles. The van der Waals surface area contributed by atoms with Gasteiger partial charge < -0.3 is 20.0 Å². The van der Waals surface area contributed by atoms with Crippen LogP contribution in [0.3, 0.4) is 0 Å². The molecule has 0 atom stereocenters. The van der Waals surface area contributed by atoms with Crippen molar-refractivity contribution in [3.8, 4) is 0 Å². The number of nitrogens with two attached hydrogens (primary N) is 1. The third kappa shape index (κ3) is 4.18. The normalized spacial score (nSPS) is 21.7. The van der Waals surface area contributed by atoms with E-state index in [2.05, 4.69) is 35.9 Å². The number of likely N-dealkylation sites (N-methyl/N-ethyl adjacent to an activating group) is 1. The monoisotopic (exact) mass is 317 g/mol. The van der Waals surface area contributed by atoms with E-state index in [9.17, 15) is 0 Å². The van der Waals surface area contributed by atoms with Gasteiger partial charge in [0.15, 0.2) is 0 Å². The van der Waals surface area contributed by atoms with Gasteiger partial charge in [0.05, 0.1) is 39.8 Å². The van der Waals surface area contributed by atoms with E-state index >= 15 is 0 Å². The van der Waals surface area contributed by atoms with Gasteiger partial charge in [-0.3, -0.25) is 0 Å². The standard InChI is InChI=1S/C19H33N4/c1-17-16-18(6-7-19(17)20)22-11-14-23(2,15-12-22)13-5-10-21-8-3-4-9-21/h6-7,16H,3-5,8-15,20H2,1-2H3/q+1. The van der Waals surface area contributed by atoms with Crippen molar-refractivity contribution in [3.63, 3.8) is 0 Å². The van der Waals surface area contributed by atoms with Crippen LogP contribution in [0.25, 0.3) is 0 Å². The molecule has 2 N–H and O–H groups in total. The Morgan fingerprint density at radius 3 is 2.43 bits per heavy atom. The highest BCUT2D eigenvalue weighted by Crippen LogP contribution is 2.23. The summed E-state index contributed by atoms with van der Waals surface area (Å²) in [5.41, 5.74) is 9.36. The molecule has 1 aromatic rings. The lowest BCUT2D eigenvalue weighted by Gasteiger charge is -2.43. The van der Waals surface area contributed by atoms with Crippen molar-refractivity contribution >= 4 is 11.4 Å². The Morgan fingerprint density at radius 2 is 1.78 bits per heavy atom. The van der Waals surface area contributed by atoms with Crippen LogP contribution in [-0.2, 0) is 0 Å². The molecule has 128 valence electrons. The van der Waals surface area contributed by atoms with E-state index in [0.29, 0.717) is 0 Å². The molecule has 3 rings (SSSR count). The molecule has 0 spiro atoms. The number of rotatable bonds is 5. The van der Waals surface area contributed by atoms with Gasteiger partial charge in [0.1, 0.15) is 0 Å². The number of piperazine rings is 1. The molecule has 0 aromatic heterocycles. The smallest absolute Gasteiger partial charge is 0.0963 e. The minimum atomic E-state index is 0.897. The van der Waals surface area contributed by atoms with Crippen LogP contribution in [0.4, 0.5) is 11.4 Å². The van der Waals surface area contributed by atoms with E-state index in [1.54, 1.807) is 0 Å². The average molecular weight is 318 g/mol. The molecule has 1 aromatic carbocycles. The van der Waals surface area contributed by atoms with Gasteiger partial charge in [-0.25, -0.2) is 0 Å². The van der Waals surface area contributed by atoms with Gasteiger partial charge >= 0.3 is 0 Å². The first-order chi connectivity index (χ1) is 11.1. The van der Waals surface area contributed by atoms with Crippen molar-refractivity contribution in [2.45, 2.75) is 26.2 Å². The zero-order valence-corrected chi connectivity index (χ0v) is 14.9. The summed E-state index contributed by atoms with van der Waals surface area (Å²) in [4.78, 5) is 5.16. The fourth-order valence-corrected chi connectivity index (χ4v) is 3.97. The van der Waals surface area contributed by atoms with Crippen LogP contribution >= 0.6 is 0 Å². The van der Waals surface area contributed by atoms with E-state index in [1.165, 1.54) is 74.3 Å². The second-order valence-electron chi connectivity index (χ2n) is 7.72. The lowest BCUT2D eigenvalue weighted by Crippen LogP contribution is -2.58. The lowest BCUT2D eigenvalue weighted by molar-refractivity contribution is -0.910. The molecule has 0 unspecified atom stereocenters. The summed E-state index contributed by atoms with van der Waals surface area (Å²) in [7, 11) is 2.44. The SMILES string of the molecule is Cc1cc(N2CC[N+](C)(CCCN3CCCC3)CC2)ccc1N. The van der Waals surface area contributed by atoms with Crippen molar-refractivity contribution in [2.75, 3.05) is 70.0 Å². The Labute approximate surface area is 141 Å². The Balaban J connectivity index is 1.47. The van der Waals surface area contributed by atoms with Gasteiger partial charge in [-0.1, -0.05) is 0 Å². The van der Waals surface area contributed by atoms with Crippen molar-refractivity contribution in [3.05, 3.63) is 23.8 Å². The van der Waals surface area contributed by atoms with Gasteiger partial charge in [0.2, 0.25) is 0 Å². The van der Waals surface area contributed by atoms with E-state index < -0.39 is 0 Å². The molecule has 2 aliphatic heterocycles. The summed E-state index contributed by atoms with van der Waals surface area (Å²) >= 11 is 0. The number of quaternary nitrogens is 1. The average Bonchev–Trinajstić information content (AvgIpc) is 3.04. The van der Waals surface area contributed by atoms with Gasteiger partial charge in [0.25, 0.3) is 0 Å². The Kier molecular flexibility index (Phi) is 5.12. The number of nitrogens with zero attached hydrogens (tertiary/aromatic N) is 3. The van der Waals surface area contributed by atoms with Crippen LogP contribution in [0.5, 0.6) is 0 Å². The van der Waals surface area contributed by atoms with Crippen LogP contribution in [0.2, 0.25) is 0 Å². The zero-order valence-electron chi connectivity index (χ0n) is 14.9. The fraction of sp³-hybridized carbons (Fsp3) is 0.684. The maximum absolute atomic E-state index is 5.94. The molecular weight excluding hydrogens is 284 g/mol. The topological polar surface area (TPSA) is 32.5 Å². The van der Waals surface area contributed by atoms with Crippen LogP contribution < -0.4 is 10.6 Å². The van der Waals surface area contributed by atoms with Crippen molar-refractivity contribution in [2.24, 2.45) is 0 Å². The Bertz CT molecular complexity index is 514. The molecule has 0 amide bonds. The summed E-state index contributed by atoms with van der Waals surface area (Å²) in [5.74, 6) is 0. The number of likely N-dealkylation sites (tertiary alicyclic amines) is 1. The fourth-order valence-electron chi connectivity index (χ4n) is 3.97. The first-order valence-electron chi connectivity index (χ1n) is 9.23. The molecule has 0 bridgehead atoms. The number of benzene rings is 1. The van der Waals surface area contributed by atoms with Crippen LogP contribution in [0.1, 0.15) is 24.8 Å². The van der Waals surface area contributed by atoms with Gasteiger partial charge in [0, 0.05) is 24.3 Å². The van der Waals surface area contributed by atoms with Gasteiger partial charge in [-0.2, -0.15) is 0 Å². The van der Waals surface area contributed by atoms with Crippen molar-refractivity contribution in [1.29, 1.82) is 0 Å². The molecule has 23 heavy (non-hydrogen) atoms. The second kappa shape index (κ2) is 7.10. The van der Waals surface area contributed by atoms with E-state index in [4.69, 9.17) is 5.73 Å². The largest absolute Gasteiger partial charge is 0.399 e. The van der Waals surface area contributed by atoms with Crippen molar-refractivity contribution < 1.29 is 4.48 Å². The van der Waals surface area contributed by atoms with Crippen LogP contribution in [-0.4, -0.2) is 68.8 Å². The lowest BCUT2D eigenvalue weighted by atomic mass is 10.1. The van der Waals surface area contributed by atoms with Gasteiger partial charge in [-0.15, -0.1) is 0 Å². The summed E-state index contributed by atoms with van der Waals surface area (Å²) in [5, 5.41) is 0. The third-order valence-corrected chi connectivity index (χ3v) is 5.81. The molecule has 2 saturated heterocycles. The summed E-state index contributed by atoms with van der Waals surface area (Å²) in [6.07, 6.45) is 4.15. The van der Waals surface area contributed by atoms with E-state index in [-0.39, 0.29) is 0 Å². The summed E-state index contributed by atoms with van der Waals surface area (Å²) in [6.45, 7) is 12.2. The third-order valence-electron chi connectivity index (χ3n) is 5.81. The first kappa shape index (κ1) is 16.6. The molecule has 0 saturated carbocycles. The highest BCUT2D eigenvalue weighted by molar-refractivity contribution is 5.58. The minimum absolute atomic E-state index is 0.897. The molecule has 2 heterocycles. The van der Waals surface area contributed by atoms with Gasteiger partial charge in [-0.05, 0) is 56.6 Å². The molecule has 2 fully saturated rings.